The summed E-state index contributed by atoms with van der Waals surface area (Å²) in [5.41, 5.74) is 0.498. The maximum absolute atomic E-state index is 15.0. The van der Waals surface area contributed by atoms with Crippen LogP contribution in [0.4, 0.5) is 10.1 Å². The van der Waals surface area contributed by atoms with Crippen LogP contribution >= 0.6 is 0 Å². The van der Waals surface area contributed by atoms with Crippen LogP contribution < -0.4 is 10.3 Å². The summed E-state index contributed by atoms with van der Waals surface area (Å²) in [6.07, 6.45) is 1.26. The predicted octanol–water partition coefficient (Wildman–Crippen LogP) is 2.68. The minimum atomic E-state index is -3.65. The lowest BCUT2D eigenvalue weighted by molar-refractivity contribution is 0.0695. The molecule has 1 saturated heterocycles. The highest BCUT2D eigenvalue weighted by molar-refractivity contribution is 7.89. The van der Waals surface area contributed by atoms with Gasteiger partial charge in [-0.3, -0.25) is 4.79 Å². The van der Waals surface area contributed by atoms with Crippen molar-refractivity contribution < 1.29 is 22.7 Å². The lowest BCUT2D eigenvalue weighted by Gasteiger charge is -2.35. The second kappa shape index (κ2) is 8.60. The zero-order valence-corrected chi connectivity index (χ0v) is 19.1. The molecule has 0 amide bonds. The van der Waals surface area contributed by atoms with E-state index < -0.39 is 32.8 Å². The van der Waals surface area contributed by atoms with Crippen LogP contribution in [0, 0.1) is 12.7 Å². The van der Waals surface area contributed by atoms with E-state index in [1.54, 1.807) is 40.7 Å². The minimum Gasteiger partial charge on any atom is -0.477 e. The molecule has 1 aromatic heterocycles. The fourth-order valence-electron chi connectivity index (χ4n) is 4.08. The molecule has 2 aromatic carbocycles. The molecule has 33 heavy (non-hydrogen) atoms. The summed E-state index contributed by atoms with van der Waals surface area (Å²) in [5, 5.41) is 9.29. The Balaban J connectivity index is 1.64. The van der Waals surface area contributed by atoms with Crippen molar-refractivity contribution in [2.24, 2.45) is 0 Å². The molecule has 8 nitrogen and oxygen atoms in total. The number of hydrogen-bond acceptors (Lipinski definition) is 5. The maximum atomic E-state index is 15.0. The van der Waals surface area contributed by atoms with Gasteiger partial charge in [-0.2, -0.15) is 4.31 Å². The van der Waals surface area contributed by atoms with Gasteiger partial charge in [0.15, 0.2) is 0 Å². The van der Waals surface area contributed by atoms with Crippen LogP contribution in [0.3, 0.4) is 0 Å². The van der Waals surface area contributed by atoms with Crippen LogP contribution in [-0.2, 0) is 16.6 Å². The van der Waals surface area contributed by atoms with Gasteiger partial charge in [0, 0.05) is 44.3 Å². The number of piperazine rings is 1. The monoisotopic (exact) mass is 473 g/mol. The van der Waals surface area contributed by atoms with Crippen LogP contribution in [0.1, 0.15) is 22.8 Å². The Bertz CT molecular complexity index is 1390. The molecule has 2 heterocycles. The normalized spacial score (nSPS) is 15.2. The van der Waals surface area contributed by atoms with Crippen molar-refractivity contribution in [1.29, 1.82) is 0 Å². The molecule has 1 aliphatic rings. The second-order valence-electron chi connectivity index (χ2n) is 7.99. The highest BCUT2D eigenvalue weighted by Gasteiger charge is 2.29. The first-order chi connectivity index (χ1) is 15.6. The predicted molar refractivity (Wildman–Crippen MR) is 123 cm³/mol. The summed E-state index contributed by atoms with van der Waals surface area (Å²) < 4.78 is 43.9. The molecule has 10 heteroatoms. The third-order valence-electron chi connectivity index (χ3n) is 5.96. The Morgan fingerprint density at radius 1 is 1.09 bits per heavy atom. The topological polar surface area (TPSA) is 99.9 Å². The van der Waals surface area contributed by atoms with E-state index >= 15 is 4.39 Å². The van der Waals surface area contributed by atoms with Gasteiger partial charge in [0.2, 0.25) is 15.5 Å². The molecule has 3 aromatic rings. The van der Waals surface area contributed by atoms with Crippen LogP contribution in [0.5, 0.6) is 0 Å². The van der Waals surface area contributed by atoms with Gasteiger partial charge in [-0.15, -0.1) is 0 Å². The zero-order chi connectivity index (χ0) is 23.9. The van der Waals surface area contributed by atoms with Gasteiger partial charge >= 0.3 is 5.97 Å². The summed E-state index contributed by atoms with van der Waals surface area (Å²) in [4.78, 5) is 25.9. The lowest BCUT2D eigenvalue weighted by atomic mass is 10.1. The number of nitrogens with zero attached hydrogens (tertiary/aromatic N) is 3. The number of benzene rings is 2. The third kappa shape index (κ3) is 4.11. The average Bonchev–Trinajstić information content (AvgIpc) is 2.79. The Morgan fingerprint density at radius 3 is 2.30 bits per heavy atom. The van der Waals surface area contributed by atoms with Crippen LogP contribution in [0.15, 0.2) is 52.3 Å². The smallest absolute Gasteiger partial charge is 0.341 e. The van der Waals surface area contributed by atoms with Crippen molar-refractivity contribution in [3.63, 3.8) is 0 Å². The summed E-state index contributed by atoms with van der Waals surface area (Å²) in [5.74, 6) is -2.01. The number of sulfonamides is 1. The van der Waals surface area contributed by atoms with Crippen LogP contribution in [-0.4, -0.2) is 54.5 Å². The van der Waals surface area contributed by atoms with Gasteiger partial charge < -0.3 is 14.6 Å². The molecule has 174 valence electrons. The molecule has 0 spiro atoms. The molecular weight excluding hydrogens is 449 g/mol. The number of hydrogen-bond donors (Lipinski definition) is 1. The van der Waals surface area contributed by atoms with Gasteiger partial charge in [0.25, 0.3) is 0 Å². The molecule has 1 aliphatic heterocycles. The minimum absolute atomic E-state index is 0.00131. The molecule has 0 radical (unpaired) electrons. The number of aromatic carboxylic acids is 1. The fraction of sp³-hybridized carbons (Fsp3) is 0.304. The van der Waals surface area contributed by atoms with E-state index in [2.05, 4.69) is 0 Å². The van der Waals surface area contributed by atoms with Crippen molar-refractivity contribution in [1.82, 2.24) is 8.87 Å². The number of fused-ring (bicyclic) bond motifs is 1. The number of carboxylic acids is 1. The quantitative estimate of drug-likeness (QED) is 0.612. The van der Waals surface area contributed by atoms with Gasteiger partial charge in [-0.05, 0) is 38.1 Å². The first-order valence-electron chi connectivity index (χ1n) is 10.5. The molecule has 0 unspecified atom stereocenters. The first-order valence-corrected chi connectivity index (χ1v) is 12.0. The van der Waals surface area contributed by atoms with Crippen LogP contribution in [0.2, 0.25) is 0 Å². The Morgan fingerprint density at radius 2 is 1.73 bits per heavy atom. The van der Waals surface area contributed by atoms with E-state index in [9.17, 15) is 23.1 Å². The van der Waals surface area contributed by atoms with Crippen molar-refractivity contribution >= 4 is 32.6 Å². The Hall–Kier alpha value is -3.24. The second-order valence-corrected chi connectivity index (χ2v) is 9.93. The largest absolute Gasteiger partial charge is 0.477 e. The molecule has 0 atom stereocenters. The molecule has 1 fully saturated rings. The molecular formula is C23H24FN3O5S. The number of carbonyl (C=O) groups is 1. The number of aryl methyl sites for hydroxylation is 2. The van der Waals surface area contributed by atoms with Crippen molar-refractivity contribution in [2.45, 2.75) is 25.3 Å². The summed E-state index contributed by atoms with van der Waals surface area (Å²) >= 11 is 0. The van der Waals surface area contributed by atoms with Gasteiger partial charge in [-0.25, -0.2) is 17.6 Å². The molecule has 0 bridgehead atoms. The van der Waals surface area contributed by atoms with Crippen molar-refractivity contribution in [2.75, 3.05) is 31.1 Å². The van der Waals surface area contributed by atoms with Gasteiger partial charge in [0.05, 0.1) is 16.1 Å². The average molecular weight is 474 g/mol. The third-order valence-corrected chi connectivity index (χ3v) is 7.87. The van der Waals surface area contributed by atoms with E-state index in [1.807, 2.05) is 6.92 Å². The maximum Gasteiger partial charge on any atom is 0.341 e. The van der Waals surface area contributed by atoms with Crippen LogP contribution in [0.25, 0.3) is 10.9 Å². The Labute approximate surface area is 190 Å². The molecule has 0 saturated carbocycles. The Kier molecular flexibility index (Phi) is 5.98. The molecule has 4 rings (SSSR count). The summed E-state index contributed by atoms with van der Waals surface area (Å²) in [6.45, 7) is 5.00. The van der Waals surface area contributed by atoms with Gasteiger partial charge in [-0.1, -0.05) is 17.7 Å². The fourth-order valence-corrected chi connectivity index (χ4v) is 5.51. The van der Waals surface area contributed by atoms with Crippen molar-refractivity contribution in [3.8, 4) is 0 Å². The zero-order valence-electron chi connectivity index (χ0n) is 18.3. The van der Waals surface area contributed by atoms with E-state index in [0.29, 0.717) is 12.1 Å². The van der Waals surface area contributed by atoms with E-state index in [0.717, 1.165) is 11.6 Å². The number of carboxylic acid groups (broad SMARTS) is 1. The molecule has 0 aliphatic carbocycles. The standard InChI is InChI=1S/C23H24FN3O5S/c1-3-25-14-18(23(29)30)22(28)17-12-19(24)21(13-20(17)25)26-8-10-27(11-9-26)33(31,32)16-6-4-15(2)5-7-16/h4-7,12-14H,3,8-11H2,1-2H3,(H,29,30). The first kappa shape index (κ1) is 22.9. The number of anilines is 1. The highest BCUT2D eigenvalue weighted by atomic mass is 32.2. The number of halogens is 1. The van der Waals surface area contributed by atoms with Gasteiger partial charge in [0.1, 0.15) is 11.4 Å². The number of pyridine rings is 1. The summed E-state index contributed by atoms with van der Waals surface area (Å²) in [6, 6.07) is 9.25. The van der Waals surface area contributed by atoms with E-state index in [4.69, 9.17) is 0 Å². The SMILES string of the molecule is CCn1cc(C(=O)O)c(=O)c2cc(F)c(N3CCN(S(=O)(=O)c4ccc(C)cc4)CC3)cc21. The lowest BCUT2D eigenvalue weighted by Crippen LogP contribution is -2.48. The number of aromatic nitrogens is 1. The highest BCUT2D eigenvalue weighted by Crippen LogP contribution is 2.27. The number of rotatable bonds is 5. The van der Waals surface area contributed by atoms with E-state index in [1.165, 1.54) is 16.6 Å². The molecule has 1 N–H and O–H groups in total. The van der Waals surface area contributed by atoms with Crippen molar-refractivity contribution in [3.05, 3.63) is 69.8 Å². The van der Waals surface area contributed by atoms with E-state index in [-0.39, 0.29) is 42.1 Å². The summed E-state index contributed by atoms with van der Waals surface area (Å²) in [7, 11) is -3.65.